The number of anilines is 1. The van der Waals surface area contributed by atoms with Crippen LogP contribution >= 0.6 is 35.2 Å². The van der Waals surface area contributed by atoms with Gasteiger partial charge in [-0.1, -0.05) is 41.4 Å². The number of halogens is 1. The number of hydrogen-bond acceptors (Lipinski definition) is 4. The summed E-state index contributed by atoms with van der Waals surface area (Å²) in [5, 5.41) is 7.39. The number of fused-ring (bicyclic) bond motifs is 1. The molecule has 1 heterocycles. The molecule has 0 bridgehead atoms. The fourth-order valence-electron chi connectivity index (χ4n) is 2.88. The highest BCUT2D eigenvalue weighted by Gasteiger charge is 2.12. The van der Waals surface area contributed by atoms with E-state index in [1.165, 1.54) is 0 Å². The summed E-state index contributed by atoms with van der Waals surface area (Å²) in [5.74, 6) is -0.258. The third-order valence-electron chi connectivity index (χ3n) is 4.26. The van der Waals surface area contributed by atoms with Gasteiger partial charge in [-0.2, -0.15) is 0 Å². The molecule has 0 saturated heterocycles. The summed E-state index contributed by atoms with van der Waals surface area (Å²) < 4.78 is 1.10. The van der Waals surface area contributed by atoms with Gasteiger partial charge in [0.2, 0.25) is 0 Å². The van der Waals surface area contributed by atoms with Crippen LogP contribution < -0.4 is 10.6 Å². The molecular weight excluding hydrogens is 422 g/mol. The van der Waals surface area contributed by atoms with Gasteiger partial charge in [0.1, 0.15) is 5.01 Å². The van der Waals surface area contributed by atoms with Crippen molar-refractivity contribution >= 4 is 62.1 Å². The molecule has 7 heteroatoms. The fraction of sp³-hybridized carbons (Fsp3) is 0.0455. The predicted octanol–water partition coefficient (Wildman–Crippen LogP) is 6.05. The molecule has 144 valence electrons. The number of rotatable bonds is 3. The van der Waals surface area contributed by atoms with Crippen LogP contribution in [0.1, 0.15) is 15.9 Å². The van der Waals surface area contributed by atoms with E-state index in [1.807, 2.05) is 61.5 Å². The summed E-state index contributed by atoms with van der Waals surface area (Å²) in [7, 11) is 0. The van der Waals surface area contributed by atoms with Gasteiger partial charge in [0.25, 0.3) is 5.91 Å². The molecule has 4 rings (SSSR count). The van der Waals surface area contributed by atoms with Gasteiger partial charge < -0.3 is 5.32 Å². The van der Waals surface area contributed by atoms with Crippen molar-refractivity contribution in [3.63, 3.8) is 0 Å². The molecule has 0 spiro atoms. The summed E-state index contributed by atoms with van der Waals surface area (Å²) >= 11 is 13.3. The number of carbonyl (C=O) groups excluding carboxylic acids is 1. The van der Waals surface area contributed by atoms with Crippen LogP contribution in [-0.2, 0) is 0 Å². The minimum Gasteiger partial charge on any atom is -0.332 e. The molecule has 0 atom stereocenters. The Morgan fingerprint density at radius 1 is 1.07 bits per heavy atom. The Labute approximate surface area is 182 Å². The molecule has 0 radical (unpaired) electrons. The zero-order chi connectivity index (χ0) is 20.4. The van der Waals surface area contributed by atoms with Crippen LogP contribution in [0.3, 0.4) is 0 Å². The Balaban J connectivity index is 1.53. The quantitative estimate of drug-likeness (QED) is 0.383. The molecule has 29 heavy (non-hydrogen) atoms. The first-order chi connectivity index (χ1) is 14.0. The largest absolute Gasteiger partial charge is 0.332 e. The van der Waals surface area contributed by atoms with E-state index in [0.29, 0.717) is 10.6 Å². The summed E-state index contributed by atoms with van der Waals surface area (Å²) in [5.41, 5.74) is 4.03. The van der Waals surface area contributed by atoms with Crippen molar-refractivity contribution in [2.24, 2.45) is 0 Å². The number of carbonyl (C=O) groups is 1. The standard InChI is InChI=1S/C22H16ClN3OS2/c1-13-5-4-6-14(11-13)20(27)26-22(28)24-15-9-10-17(23)16(12-15)21-25-18-7-2-3-8-19(18)29-21/h2-12H,1H3,(H2,24,26,27,28). The fourth-order valence-corrected chi connectivity index (χ4v) is 4.35. The average molecular weight is 438 g/mol. The number of thiazole rings is 1. The van der Waals surface area contributed by atoms with Crippen LogP contribution in [0.15, 0.2) is 66.7 Å². The summed E-state index contributed by atoms with van der Waals surface area (Å²) in [6.07, 6.45) is 0. The zero-order valence-electron chi connectivity index (χ0n) is 15.4. The van der Waals surface area contributed by atoms with E-state index in [-0.39, 0.29) is 11.0 Å². The number of aryl methyl sites for hydroxylation is 1. The number of aromatic nitrogens is 1. The van der Waals surface area contributed by atoms with Crippen LogP contribution in [0.4, 0.5) is 5.69 Å². The average Bonchev–Trinajstić information content (AvgIpc) is 3.13. The third kappa shape index (κ3) is 4.45. The molecule has 1 aromatic heterocycles. The van der Waals surface area contributed by atoms with Gasteiger partial charge in [0, 0.05) is 16.8 Å². The molecule has 2 N–H and O–H groups in total. The first kappa shape index (κ1) is 19.5. The number of benzene rings is 3. The monoisotopic (exact) mass is 437 g/mol. The van der Waals surface area contributed by atoms with E-state index in [1.54, 1.807) is 23.5 Å². The Hall–Kier alpha value is -2.80. The third-order valence-corrected chi connectivity index (χ3v) is 5.86. The van der Waals surface area contributed by atoms with Crippen molar-refractivity contribution in [2.45, 2.75) is 6.92 Å². The SMILES string of the molecule is Cc1cccc(C(=O)NC(=S)Nc2ccc(Cl)c(-c3nc4ccccc4s3)c2)c1. The maximum absolute atomic E-state index is 12.4. The number of amides is 1. The van der Waals surface area contributed by atoms with Gasteiger partial charge in [-0.15, -0.1) is 11.3 Å². The maximum atomic E-state index is 12.4. The Kier molecular flexibility index (Phi) is 5.58. The molecule has 0 aliphatic rings. The molecule has 0 aliphatic carbocycles. The van der Waals surface area contributed by atoms with Crippen LogP contribution in [0, 0.1) is 6.92 Å². The van der Waals surface area contributed by atoms with Gasteiger partial charge >= 0.3 is 0 Å². The number of hydrogen-bond donors (Lipinski definition) is 2. The summed E-state index contributed by atoms with van der Waals surface area (Å²) in [6, 6.07) is 20.8. The second kappa shape index (κ2) is 8.29. The minimum absolute atomic E-state index is 0.217. The minimum atomic E-state index is -0.258. The van der Waals surface area contributed by atoms with E-state index in [4.69, 9.17) is 23.8 Å². The van der Waals surface area contributed by atoms with Crippen LogP contribution in [0.2, 0.25) is 5.02 Å². The van der Waals surface area contributed by atoms with Crippen LogP contribution in [0.25, 0.3) is 20.8 Å². The lowest BCUT2D eigenvalue weighted by molar-refractivity contribution is 0.0977. The molecule has 0 unspecified atom stereocenters. The van der Waals surface area contributed by atoms with Gasteiger partial charge in [0.15, 0.2) is 5.11 Å². The smallest absolute Gasteiger partial charge is 0.257 e. The number of thiocarbonyl (C=S) groups is 1. The van der Waals surface area contributed by atoms with Crippen molar-refractivity contribution < 1.29 is 4.79 Å². The van der Waals surface area contributed by atoms with Crippen molar-refractivity contribution in [1.82, 2.24) is 10.3 Å². The second-order valence-corrected chi connectivity index (χ2v) is 8.31. The molecule has 4 aromatic rings. The Bertz CT molecular complexity index is 1200. The summed E-state index contributed by atoms with van der Waals surface area (Å²) in [4.78, 5) is 17.0. The Morgan fingerprint density at radius 2 is 1.90 bits per heavy atom. The lowest BCUT2D eigenvalue weighted by Gasteiger charge is -2.11. The molecular formula is C22H16ClN3OS2. The van der Waals surface area contributed by atoms with Crippen LogP contribution in [0.5, 0.6) is 0 Å². The first-order valence-corrected chi connectivity index (χ1v) is 10.4. The highest BCUT2D eigenvalue weighted by atomic mass is 35.5. The topological polar surface area (TPSA) is 54.0 Å². The zero-order valence-corrected chi connectivity index (χ0v) is 17.8. The number of nitrogens with zero attached hydrogens (tertiary/aromatic N) is 1. The van der Waals surface area contributed by atoms with Crippen LogP contribution in [-0.4, -0.2) is 16.0 Å². The molecule has 0 fully saturated rings. The molecule has 3 aromatic carbocycles. The molecule has 0 saturated carbocycles. The molecule has 1 amide bonds. The van der Waals surface area contributed by atoms with Gasteiger partial charge in [-0.3, -0.25) is 10.1 Å². The molecule has 4 nitrogen and oxygen atoms in total. The number of para-hydroxylation sites is 1. The van der Waals surface area contributed by atoms with Crippen molar-refractivity contribution in [1.29, 1.82) is 0 Å². The van der Waals surface area contributed by atoms with Gasteiger partial charge in [-0.25, -0.2) is 4.98 Å². The van der Waals surface area contributed by atoms with E-state index >= 15 is 0 Å². The van der Waals surface area contributed by atoms with Crippen molar-refractivity contribution in [3.8, 4) is 10.6 Å². The first-order valence-electron chi connectivity index (χ1n) is 8.84. The lowest BCUT2D eigenvalue weighted by Crippen LogP contribution is -2.34. The van der Waals surface area contributed by atoms with E-state index in [2.05, 4.69) is 15.6 Å². The molecule has 0 aliphatic heterocycles. The Morgan fingerprint density at radius 3 is 2.69 bits per heavy atom. The number of nitrogens with one attached hydrogen (secondary N) is 2. The lowest BCUT2D eigenvalue weighted by atomic mass is 10.1. The highest BCUT2D eigenvalue weighted by Crippen LogP contribution is 2.35. The maximum Gasteiger partial charge on any atom is 0.257 e. The van der Waals surface area contributed by atoms with Crippen molar-refractivity contribution in [2.75, 3.05) is 5.32 Å². The normalized spacial score (nSPS) is 10.7. The predicted molar refractivity (Wildman–Crippen MR) is 125 cm³/mol. The highest BCUT2D eigenvalue weighted by molar-refractivity contribution is 7.80. The second-order valence-electron chi connectivity index (χ2n) is 6.46. The van der Waals surface area contributed by atoms with Gasteiger partial charge in [0.05, 0.1) is 15.2 Å². The van der Waals surface area contributed by atoms with E-state index in [0.717, 1.165) is 32.0 Å². The van der Waals surface area contributed by atoms with Crippen molar-refractivity contribution in [3.05, 3.63) is 82.9 Å². The van der Waals surface area contributed by atoms with E-state index < -0.39 is 0 Å². The van der Waals surface area contributed by atoms with Gasteiger partial charge in [-0.05, 0) is 61.6 Å². The summed E-state index contributed by atoms with van der Waals surface area (Å²) in [6.45, 7) is 1.94. The van der Waals surface area contributed by atoms with E-state index in [9.17, 15) is 4.79 Å².